The lowest BCUT2D eigenvalue weighted by Gasteiger charge is -2.09. The summed E-state index contributed by atoms with van der Waals surface area (Å²) in [6, 6.07) is 8.98. The van der Waals surface area contributed by atoms with E-state index in [9.17, 15) is 18.8 Å². The first-order chi connectivity index (χ1) is 8.08. The van der Waals surface area contributed by atoms with E-state index in [4.69, 9.17) is 0 Å². The third kappa shape index (κ3) is 2.51. The summed E-state index contributed by atoms with van der Waals surface area (Å²) in [7, 11) is -1.70. The number of hydrogen-bond acceptors (Lipinski definition) is 2. The Kier molecular flexibility index (Phi) is 3.22. The average Bonchev–Trinajstić information content (AvgIpc) is 2.29. The van der Waals surface area contributed by atoms with E-state index in [-0.39, 0.29) is 5.46 Å². The van der Waals surface area contributed by atoms with E-state index in [2.05, 4.69) is 0 Å². The van der Waals surface area contributed by atoms with Crippen molar-refractivity contribution in [1.82, 2.24) is 0 Å². The van der Waals surface area contributed by atoms with E-state index >= 15 is 0 Å². The second-order valence-corrected chi connectivity index (χ2v) is 3.61. The summed E-state index contributed by atoms with van der Waals surface area (Å²) in [4.78, 5) is 0. The van der Waals surface area contributed by atoms with E-state index in [1.54, 1.807) is 0 Å². The van der Waals surface area contributed by atoms with E-state index in [0.29, 0.717) is 11.1 Å². The molecule has 0 aliphatic rings. The van der Waals surface area contributed by atoms with E-state index in [1.807, 2.05) is 0 Å². The van der Waals surface area contributed by atoms with Crippen molar-refractivity contribution in [3.63, 3.8) is 0 Å². The Hall–Kier alpha value is -1.72. The zero-order chi connectivity index (χ0) is 12.4. The molecule has 2 N–H and O–H groups in total. The molecule has 0 heterocycles. The van der Waals surface area contributed by atoms with Gasteiger partial charge < -0.3 is 10.0 Å². The molecule has 2 aromatic rings. The van der Waals surface area contributed by atoms with Crippen molar-refractivity contribution < 1.29 is 18.8 Å². The Morgan fingerprint density at radius 3 is 2.00 bits per heavy atom. The smallest absolute Gasteiger partial charge is 0.423 e. The maximum absolute atomic E-state index is 13.1. The Morgan fingerprint density at radius 1 is 0.824 bits per heavy atom. The van der Waals surface area contributed by atoms with Gasteiger partial charge in [-0.1, -0.05) is 18.2 Å². The lowest BCUT2D eigenvalue weighted by atomic mass is 9.75. The standard InChI is InChI=1S/C12H9BF2O2/c14-9-3-1-8(2-4-9)11-7-10(15)5-6-12(11)13(16)17/h1-7,16-17H. The van der Waals surface area contributed by atoms with Gasteiger partial charge in [-0.2, -0.15) is 0 Å². The van der Waals surface area contributed by atoms with Crippen LogP contribution in [0.25, 0.3) is 11.1 Å². The second-order valence-electron chi connectivity index (χ2n) is 3.61. The van der Waals surface area contributed by atoms with Crippen LogP contribution in [0.1, 0.15) is 0 Å². The van der Waals surface area contributed by atoms with Gasteiger partial charge in [0.2, 0.25) is 0 Å². The molecule has 0 amide bonds. The predicted octanol–water partition coefficient (Wildman–Crippen LogP) is 1.31. The molecule has 2 nitrogen and oxygen atoms in total. The molecule has 86 valence electrons. The number of halogens is 2. The minimum absolute atomic E-state index is 0.179. The molecule has 5 heteroatoms. The van der Waals surface area contributed by atoms with Crippen molar-refractivity contribution in [2.75, 3.05) is 0 Å². The summed E-state index contributed by atoms with van der Waals surface area (Å²) < 4.78 is 25.9. The highest BCUT2D eigenvalue weighted by Gasteiger charge is 2.17. The van der Waals surface area contributed by atoms with Gasteiger partial charge in [-0.05, 0) is 40.9 Å². The van der Waals surface area contributed by atoms with Gasteiger partial charge in [0, 0.05) is 0 Å². The molecular formula is C12H9BF2O2. The highest BCUT2D eigenvalue weighted by Crippen LogP contribution is 2.19. The lowest BCUT2D eigenvalue weighted by molar-refractivity contribution is 0.426. The molecule has 2 rings (SSSR count). The number of rotatable bonds is 2. The van der Waals surface area contributed by atoms with Crippen LogP contribution in [-0.4, -0.2) is 17.2 Å². The van der Waals surface area contributed by atoms with Gasteiger partial charge in [0.05, 0.1) is 0 Å². The molecular weight excluding hydrogens is 225 g/mol. The zero-order valence-electron chi connectivity index (χ0n) is 8.77. The highest BCUT2D eigenvalue weighted by atomic mass is 19.1. The van der Waals surface area contributed by atoms with Crippen molar-refractivity contribution in [1.29, 1.82) is 0 Å². The zero-order valence-corrected chi connectivity index (χ0v) is 8.77. The minimum atomic E-state index is -1.70. The molecule has 0 aliphatic heterocycles. The summed E-state index contributed by atoms with van der Waals surface area (Å²) in [6.07, 6.45) is 0. The Morgan fingerprint density at radius 2 is 1.41 bits per heavy atom. The van der Waals surface area contributed by atoms with Crippen molar-refractivity contribution in [2.24, 2.45) is 0 Å². The number of benzene rings is 2. The van der Waals surface area contributed by atoms with Crippen LogP contribution in [0.15, 0.2) is 42.5 Å². The fraction of sp³-hybridized carbons (Fsp3) is 0. The summed E-state index contributed by atoms with van der Waals surface area (Å²) in [5, 5.41) is 18.3. The van der Waals surface area contributed by atoms with Crippen LogP contribution in [0, 0.1) is 11.6 Å². The van der Waals surface area contributed by atoms with Crippen molar-refractivity contribution >= 4 is 12.6 Å². The molecule has 0 saturated carbocycles. The normalized spacial score (nSPS) is 10.4. The maximum Gasteiger partial charge on any atom is 0.489 e. The van der Waals surface area contributed by atoms with E-state index < -0.39 is 18.8 Å². The topological polar surface area (TPSA) is 40.5 Å². The third-order valence-corrected chi connectivity index (χ3v) is 2.45. The van der Waals surface area contributed by atoms with Gasteiger partial charge in [0.15, 0.2) is 0 Å². The third-order valence-electron chi connectivity index (χ3n) is 2.45. The molecule has 2 aromatic carbocycles. The Balaban J connectivity index is 2.56. The predicted molar refractivity (Wildman–Crippen MR) is 61.6 cm³/mol. The first kappa shape index (κ1) is 11.8. The molecule has 0 atom stereocenters. The summed E-state index contributed by atoms with van der Waals surface area (Å²) in [5.74, 6) is -0.898. The van der Waals surface area contributed by atoms with E-state index in [0.717, 1.165) is 6.07 Å². The first-order valence-corrected chi connectivity index (χ1v) is 4.99. The Bertz CT molecular complexity index is 527. The lowest BCUT2D eigenvalue weighted by Crippen LogP contribution is -2.31. The maximum atomic E-state index is 13.1. The van der Waals surface area contributed by atoms with Crippen LogP contribution in [0.2, 0.25) is 0 Å². The second kappa shape index (κ2) is 4.65. The molecule has 0 radical (unpaired) electrons. The van der Waals surface area contributed by atoms with Gasteiger partial charge in [-0.15, -0.1) is 0 Å². The van der Waals surface area contributed by atoms with Gasteiger partial charge in [-0.3, -0.25) is 0 Å². The monoisotopic (exact) mass is 234 g/mol. The minimum Gasteiger partial charge on any atom is -0.423 e. The van der Waals surface area contributed by atoms with Crippen LogP contribution in [0.5, 0.6) is 0 Å². The molecule has 0 spiro atoms. The van der Waals surface area contributed by atoms with E-state index in [1.165, 1.54) is 36.4 Å². The summed E-state index contributed by atoms with van der Waals surface area (Å²) in [6.45, 7) is 0. The quantitative estimate of drug-likeness (QED) is 0.769. The van der Waals surface area contributed by atoms with Crippen LogP contribution in [-0.2, 0) is 0 Å². The van der Waals surface area contributed by atoms with Crippen molar-refractivity contribution in [3.8, 4) is 11.1 Å². The van der Waals surface area contributed by atoms with Gasteiger partial charge in [0.1, 0.15) is 11.6 Å². The molecule has 0 aromatic heterocycles. The van der Waals surface area contributed by atoms with Gasteiger partial charge in [0.25, 0.3) is 0 Å². The molecule has 0 bridgehead atoms. The fourth-order valence-electron chi connectivity index (χ4n) is 1.63. The van der Waals surface area contributed by atoms with Crippen molar-refractivity contribution in [3.05, 3.63) is 54.1 Å². The highest BCUT2D eigenvalue weighted by molar-refractivity contribution is 6.60. The van der Waals surface area contributed by atoms with Gasteiger partial charge in [-0.25, -0.2) is 8.78 Å². The van der Waals surface area contributed by atoms with Gasteiger partial charge >= 0.3 is 7.12 Å². The largest absolute Gasteiger partial charge is 0.489 e. The molecule has 0 fully saturated rings. The number of hydrogen-bond donors (Lipinski definition) is 2. The SMILES string of the molecule is OB(O)c1ccc(F)cc1-c1ccc(F)cc1. The van der Waals surface area contributed by atoms with Crippen LogP contribution < -0.4 is 5.46 Å². The molecule has 0 saturated heterocycles. The van der Waals surface area contributed by atoms with Crippen LogP contribution in [0.4, 0.5) is 8.78 Å². The van der Waals surface area contributed by atoms with Crippen LogP contribution >= 0.6 is 0 Å². The Labute approximate surface area is 97.3 Å². The molecule has 17 heavy (non-hydrogen) atoms. The fourth-order valence-corrected chi connectivity index (χ4v) is 1.63. The first-order valence-electron chi connectivity index (χ1n) is 4.99. The van der Waals surface area contributed by atoms with Crippen LogP contribution in [0.3, 0.4) is 0 Å². The molecule has 0 unspecified atom stereocenters. The molecule has 0 aliphatic carbocycles. The average molecular weight is 234 g/mol. The van der Waals surface area contributed by atoms with Crippen molar-refractivity contribution in [2.45, 2.75) is 0 Å². The summed E-state index contributed by atoms with van der Waals surface area (Å²) in [5.41, 5.74) is 1.03. The summed E-state index contributed by atoms with van der Waals surface area (Å²) >= 11 is 0.